The number of amides is 2. The van der Waals surface area contributed by atoms with E-state index >= 15 is 0 Å². The summed E-state index contributed by atoms with van der Waals surface area (Å²) in [6.45, 7) is 2.68. The molecule has 3 atom stereocenters. The maximum atomic E-state index is 12.3. The van der Waals surface area contributed by atoms with Gasteiger partial charge in [0.1, 0.15) is 11.3 Å². The van der Waals surface area contributed by atoms with Crippen molar-refractivity contribution in [2.24, 2.45) is 5.92 Å². The van der Waals surface area contributed by atoms with Crippen molar-refractivity contribution < 1.29 is 13.9 Å². The predicted molar refractivity (Wildman–Crippen MR) is 91.8 cm³/mol. The van der Waals surface area contributed by atoms with Crippen molar-refractivity contribution in [1.82, 2.24) is 10.6 Å². The lowest BCUT2D eigenvalue weighted by Crippen LogP contribution is -2.47. The number of nitrogens with one attached hydrogen (secondary N) is 2. The Labute approximate surface area is 141 Å². The second kappa shape index (κ2) is 6.48. The van der Waals surface area contributed by atoms with E-state index in [-0.39, 0.29) is 18.1 Å². The van der Waals surface area contributed by atoms with Crippen molar-refractivity contribution in [3.8, 4) is 0 Å². The Morgan fingerprint density at radius 2 is 2.08 bits per heavy atom. The zero-order chi connectivity index (χ0) is 16.5. The Balaban J connectivity index is 1.33. The molecule has 1 aliphatic carbocycles. The van der Waals surface area contributed by atoms with Crippen LogP contribution in [0.4, 0.5) is 4.79 Å². The zero-order valence-electron chi connectivity index (χ0n) is 14.0. The van der Waals surface area contributed by atoms with Gasteiger partial charge in [-0.1, -0.05) is 18.2 Å². The topological polar surface area (TPSA) is 63.5 Å². The largest absolute Gasteiger partial charge is 0.459 e. The Morgan fingerprint density at radius 1 is 1.25 bits per heavy atom. The minimum absolute atomic E-state index is 0.135. The maximum Gasteiger partial charge on any atom is 0.315 e. The van der Waals surface area contributed by atoms with Gasteiger partial charge in [-0.25, -0.2) is 4.79 Å². The molecule has 0 unspecified atom stereocenters. The second-order valence-electron chi connectivity index (χ2n) is 6.99. The molecule has 5 nitrogen and oxygen atoms in total. The number of furan rings is 1. The molecule has 1 saturated heterocycles. The molecular weight excluding hydrogens is 304 g/mol. The molecule has 2 N–H and O–H groups in total. The van der Waals surface area contributed by atoms with E-state index in [1.165, 1.54) is 12.8 Å². The van der Waals surface area contributed by atoms with Crippen LogP contribution in [0.3, 0.4) is 0 Å². The van der Waals surface area contributed by atoms with Crippen LogP contribution >= 0.6 is 0 Å². The van der Waals surface area contributed by atoms with Crippen LogP contribution in [0.15, 0.2) is 34.7 Å². The molecule has 24 heavy (non-hydrogen) atoms. The number of ether oxygens (including phenoxy) is 1. The highest BCUT2D eigenvalue weighted by Gasteiger charge is 2.36. The first-order valence-corrected chi connectivity index (χ1v) is 8.86. The monoisotopic (exact) mass is 328 g/mol. The molecule has 2 heterocycles. The van der Waals surface area contributed by atoms with Gasteiger partial charge in [-0.05, 0) is 50.7 Å². The normalized spacial score (nSPS) is 25.4. The summed E-state index contributed by atoms with van der Waals surface area (Å²) in [6.07, 6.45) is 4.68. The number of benzene rings is 1. The molecule has 1 aliphatic heterocycles. The summed E-state index contributed by atoms with van der Waals surface area (Å²) in [5.74, 6) is 1.49. The van der Waals surface area contributed by atoms with Crippen molar-refractivity contribution in [1.29, 1.82) is 0 Å². The van der Waals surface area contributed by atoms with Crippen LogP contribution in [0.5, 0.6) is 0 Å². The molecule has 0 bridgehead atoms. The number of urea groups is 1. The summed E-state index contributed by atoms with van der Waals surface area (Å²) in [5.41, 5.74) is 0.846. The molecule has 2 aliphatic rings. The van der Waals surface area contributed by atoms with Gasteiger partial charge in [0.2, 0.25) is 0 Å². The number of carbonyl (C=O) groups excluding carboxylic acids is 1. The van der Waals surface area contributed by atoms with Crippen LogP contribution in [-0.2, 0) is 4.74 Å². The van der Waals surface area contributed by atoms with Gasteiger partial charge in [0.25, 0.3) is 0 Å². The molecule has 1 saturated carbocycles. The fourth-order valence-corrected chi connectivity index (χ4v) is 3.47. The minimum Gasteiger partial charge on any atom is -0.459 e. The minimum atomic E-state index is -0.170. The second-order valence-corrected chi connectivity index (χ2v) is 6.99. The van der Waals surface area contributed by atoms with Crippen LogP contribution in [0.25, 0.3) is 11.0 Å². The number of fused-ring (bicyclic) bond motifs is 1. The van der Waals surface area contributed by atoms with Crippen molar-refractivity contribution in [2.45, 2.75) is 50.8 Å². The lowest BCUT2D eigenvalue weighted by molar-refractivity contribution is -0.00918. The highest BCUT2D eigenvalue weighted by molar-refractivity contribution is 5.78. The third-order valence-electron chi connectivity index (χ3n) is 5.02. The number of carbonyl (C=O) groups is 1. The van der Waals surface area contributed by atoms with E-state index in [1.54, 1.807) is 0 Å². The van der Waals surface area contributed by atoms with Crippen molar-refractivity contribution in [3.05, 3.63) is 36.1 Å². The first-order chi connectivity index (χ1) is 11.7. The van der Waals surface area contributed by atoms with E-state index in [9.17, 15) is 4.79 Å². The lowest BCUT2D eigenvalue weighted by Gasteiger charge is -2.30. The summed E-state index contributed by atoms with van der Waals surface area (Å²) < 4.78 is 11.6. The number of hydrogen-bond acceptors (Lipinski definition) is 3. The van der Waals surface area contributed by atoms with Gasteiger partial charge in [0, 0.05) is 18.0 Å². The van der Waals surface area contributed by atoms with Gasteiger partial charge in [0.15, 0.2) is 0 Å². The average molecular weight is 328 g/mol. The predicted octanol–water partition coefficient (Wildman–Crippen LogP) is 3.75. The summed E-state index contributed by atoms with van der Waals surface area (Å²) in [5, 5.41) is 7.13. The van der Waals surface area contributed by atoms with Crippen LogP contribution in [0.1, 0.15) is 44.4 Å². The Morgan fingerprint density at radius 3 is 2.88 bits per heavy atom. The van der Waals surface area contributed by atoms with E-state index in [2.05, 4.69) is 10.6 Å². The van der Waals surface area contributed by atoms with E-state index < -0.39 is 0 Å². The number of rotatable bonds is 4. The first kappa shape index (κ1) is 15.5. The first-order valence-electron chi connectivity index (χ1n) is 8.86. The number of hydrogen-bond donors (Lipinski definition) is 2. The van der Waals surface area contributed by atoms with E-state index in [0.29, 0.717) is 12.0 Å². The molecular formula is C19H24N2O3. The molecule has 128 valence electrons. The van der Waals surface area contributed by atoms with Gasteiger partial charge in [0.05, 0.1) is 12.1 Å². The van der Waals surface area contributed by atoms with Gasteiger partial charge < -0.3 is 19.8 Å². The summed E-state index contributed by atoms with van der Waals surface area (Å²) in [4.78, 5) is 12.3. The van der Waals surface area contributed by atoms with Crippen LogP contribution in [0.2, 0.25) is 0 Å². The molecule has 1 aromatic carbocycles. The summed E-state index contributed by atoms with van der Waals surface area (Å²) >= 11 is 0. The lowest BCUT2D eigenvalue weighted by atomic mass is 10.0. The van der Waals surface area contributed by atoms with Gasteiger partial charge in [-0.2, -0.15) is 0 Å². The third-order valence-corrected chi connectivity index (χ3v) is 5.02. The molecule has 2 fully saturated rings. The number of para-hydroxylation sites is 1. The molecule has 4 rings (SSSR count). The SMILES string of the molecule is C[C@H](NC(=O)N[C@H]1CCO[C@H](C2CC2)C1)c1cc2ccccc2o1. The van der Waals surface area contributed by atoms with E-state index in [4.69, 9.17) is 9.15 Å². The fraction of sp³-hybridized carbons (Fsp3) is 0.526. The van der Waals surface area contributed by atoms with E-state index in [1.807, 2.05) is 37.3 Å². The molecule has 1 aromatic heterocycles. The third kappa shape index (κ3) is 3.41. The molecule has 2 aromatic rings. The van der Waals surface area contributed by atoms with Crippen LogP contribution in [-0.4, -0.2) is 24.8 Å². The Bertz CT molecular complexity index is 689. The highest BCUT2D eigenvalue weighted by atomic mass is 16.5. The maximum absolute atomic E-state index is 12.3. The molecule has 2 amide bonds. The van der Waals surface area contributed by atoms with Gasteiger partial charge >= 0.3 is 6.03 Å². The van der Waals surface area contributed by atoms with Crippen molar-refractivity contribution >= 4 is 17.0 Å². The smallest absolute Gasteiger partial charge is 0.315 e. The average Bonchev–Trinajstić information content (AvgIpc) is 3.33. The fourth-order valence-electron chi connectivity index (χ4n) is 3.47. The van der Waals surface area contributed by atoms with Gasteiger partial charge in [-0.15, -0.1) is 0 Å². The van der Waals surface area contributed by atoms with Crippen LogP contribution in [0, 0.1) is 5.92 Å². The Hall–Kier alpha value is -2.01. The Kier molecular flexibility index (Phi) is 4.19. The van der Waals surface area contributed by atoms with Crippen molar-refractivity contribution in [3.63, 3.8) is 0 Å². The summed E-state index contributed by atoms with van der Waals surface area (Å²) in [6, 6.07) is 9.75. The molecule has 0 spiro atoms. The van der Waals surface area contributed by atoms with Crippen molar-refractivity contribution in [2.75, 3.05) is 6.61 Å². The van der Waals surface area contributed by atoms with Gasteiger partial charge in [-0.3, -0.25) is 0 Å². The quantitative estimate of drug-likeness (QED) is 0.898. The summed E-state index contributed by atoms with van der Waals surface area (Å²) in [7, 11) is 0. The van der Waals surface area contributed by atoms with E-state index in [0.717, 1.165) is 36.2 Å². The molecule has 0 radical (unpaired) electrons. The highest BCUT2D eigenvalue weighted by Crippen LogP contribution is 2.38. The standard InChI is InChI=1S/C19H24N2O3/c1-12(17-10-14-4-2-3-5-16(14)24-17)20-19(22)21-15-8-9-23-18(11-15)13-6-7-13/h2-5,10,12-13,15,18H,6-9,11H2,1H3,(H2,20,21,22)/t12-,15-,18-/m0/s1. The van der Waals surface area contributed by atoms with Crippen LogP contribution < -0.4 is 10.6 Å². The zero-order valence-corrected chi connectivity index (χ0v) is 14.0. The molecule has 5 heteroatoms.